The summed E-state index contributed by atoms with van der Waals surface area (Å²) >= 11 is 0. The molecule has 0 radical (unpaired) electrons. The molecule has 5 heteroatoms. The van der Waals surface area contributed by atoms with Crippen molar-refractivity contribution in [1.29, 1.82) is 0 Å². The van der Waals surface area contributed by atoms with Crippen molar-refractivity contribution in [2.45, 2.75) is 6.92 Å². The number of H-pyrrole nitrogens is 1. The topological polar surface area (TPSA) is 60.6 Å². The van der Waals surface area contributed by atoms with Gasteiger partial charge in [-0.2, -0.15) is 0 Å². The lowest BCUT2D eigenvalue weighted by Crippen LogP contribution is -2.06. The summed E-state index contributed by atoms with van der Waals surface area (Å²) in [4.78, 5) is 15.6. The van der Waals surface area contributed by atoms with Gasteiger partial charge >= 0.3 is 5.97 Å². The van der Waals surface area contributed by atoms with Crippen molar-refractivity contribution in [3.8, 4) is 33.9 Å². The maximum absolute atomic E-state index is 12.4. The third kappa shape index (κ3) is 2.85. The van der Waals surface area contributed by atoms with Gasteiger partial charge in [-0.25, -0.2) is 4.79 Å². The molecular formula is C20H17NO4. The van der Waals surface area contributed by atoms with Gasteiger partial charge < -0.3 is 19.2 Å². The zero-order chi connectivity index (χ0) is 17.2. The molecule has 2 aromatic carbocycles. The minimum absolute atomic E-state index is 0.214. The van der Waals surface area contributed by atoms with Crippen LogP contribution in [0.5, 0.6) is 11.5 Å². The van der Waals surface area contributed by atoms with E-state index in [4.69, 9.17) is 14.2 Å². The maximum Gasteiger partial charge on any atom is 0.355 e. The van der Waals surface area contributed by atoms with Gasteiger partial charge in [0.15, 0.2) is 11.5 Å². The molecule has 25 heavy (non-hydrogen) atoms. The largest absolute Gasteiger partial charge is 0.461 e. The molecule has 1 N–H and O–H groups in total. The van der Waals surface area contributed by atoms with Crippen molar-refractivity contribution in [3.63, 3.8) is 0 Å². The normalized spacial score (nSPS) is 12.2. The second-order valence-electron chi connectivity index (χ2n) is 5.63. The molecule has 0 atom stereocenters. The van der Waals surface area contributed by atoms with Crippen LogP contribution in [0.2, 0.25) is 0 Å². The summed E-state index contributed by atoms with van der Waals surface area (Å²) in [6.45, 7) is 2.32. The average Bonchev–Trinajstić information content (AvgIpc) is 3.29. The van der Waals surface area contributed by atoms with Gasteiger partial charge in [-0.3, -0.25) is 0 Å². The number of fused-ring (bicyclic) bond motifs is 1. The molecule has 5 nitrogen and oxygen atoms in total. The molecule has 1 aliphatic rings. The predicted octanol–water partition coefficient (Wildman–Crippen LogP) is 4.25. The maximum atomic E-state index is 12.4. The number of hydrogen-bond acceptors (Lipinski definition) is 4. The van der Waals surface area contributed by atoms with E-state index >= 15 is 0 Å². The first kappa shape index (κ1) is 15.3. The first-order chi connectivity index (χ1) is 12.3. The van der Waals surface area contributed by atoms with Crippen molar-refractivity contribution in [3.05, 3.63) is 60.3 Å². The number of carbonyl (C=O) groups excluding carboxylic acids is 1. The summed E-state index contributed by atoms with van der Waals surface area (Å²) in [7, 11) is 0. The van der Waals surface area contributed by atoms with Crippen LogP contribution in [-0.4, -0.2) is 24.4 Å². The van der Waals surface area contributed by atoms with Gasteiger partial charge in [0.2, 0.25) is 6.79 Å². The molecule has 4 rings (SSSR count). The lowest BCUT2D eigenvalue weighted by molar-refractivity contribution is 0.0521. The summed E-state index contributed by atoms with van der Waals surface area (Å²) in [5, 5.41) is 0. The Hall–Kier alpha value is -3.21. The SMILES string of the molecule is CCOC(=O)c1[nH]c(-c2ccccc2)cc1-c1ccc2c(c1)OCO2. The molecule has 2 heterocycles. The van der Waals surface area contributed by atoms with Gasteiger partial charge in [0.25, 0.3) is 0 Å². The Kier molecular flexibility index (Phi) is 3.90. The van der Waals surface area contributed by atoms with Crippen LogP contribution in [0.25, 0.3) is 22.4 Å². The van der Waals surface area contributed by atoms with E-state index < -0.39 is 0 Å². The summed E-state index contributed by atoms with van der Waals surface area (Å²) < 4.78 is 16.0. The third-order valence-corrected chi connectivity index (χ3v) is 4.07. The Morgan fingerprint density at radius 1 is 1.04 bits per heavy atom. The fourth-order valence-corrected chi connectivity index (χ4v) is 2.88. The lowest BCUT2D eigenvalue weighted by Gasteiger charge is -2.05. The zero-order valence-electron chi connectivity index (χ0n) is 13.7. The zero-order valence-corrected chi connectivity index (χ0v) is 13.7. The Balaban J connectivity index is 1.82. The van der Waals surface area contributed by atoms with Crippen molar-refractivity contribution < 1.29 is 19.0 Å². The molecule has 0 saturated heterocycles. The molecular weight excluding hydrogens is 318 g/mol. The number of esters is 1. The fourth-order valence-electron chi connectivity index (χ4n) is 2.88. The summed E-state index contributed by atoms with van der Waals surface area (Å²) in [6.07, 6.45) is 0. The molecule has 0 saturated carbocycles. The Morgan fingerprint density at radius 2 is 1.84 bits per heavy atom. The van der Waals surface area contributed by atoms with Gasteiger partial charge in [-0.05, 0) is 36.2 Å². The highest BCUT2D eigenvalue weighted by molar-refractivity contribution is 5.97. The monoisotopic (exact) mass is 335 g/mol. The smallest absolute Gasteiger partial charge is 0.355 e. The summed E-state index contributed by atoms with van der Waals surface area (Å²) in [5.74, 6) is 1.01. The molecule has 126 valence electrons. The van der Waals surface area contributed by atoms with E-state index in [1.165, 1.54) is 0 Å². The van der Waals surface area contributed by atoms with E-state index in [1.54, 1.807) is 6.92 Å². The highest BCUT2D eigenvalue weighted by Crippen LogP contribution is 2.38. The second kappa shape index (κ2) is 6.36. The number of rotatable bonds is 4. The van der Waals surface area contributed by atoms with Crippen LogP contribution >= 0.6 is 0 Å². The molecule has 0 amide bonds. The first-order valence-corrected chi connectivity index (χ1v) is 8.12. The molecule has 1 aromatic heterocycles. The van der Waals surface area contributed by atoms with E-state index in [-0.39, 0.29) is 12.8 Å². The number of nitrogens with one attached hydrogen (secondary N) is 1. The number of aromatic amines is 1. The standard InChI is InChI=1S/C20H17NO4/c1-2-23-20(22)19-15(11-16(21-19)13-6-4-3-5-7-13)14-8-9-17-18(10-14)25-12-24-17/h3-11,21H,2,12H2,1H3. The molecule has 0 unspecified atom stereocenters. The first-order valence-electron chi connectivity index (χ1n) is 8.12. The number of benzene rings is 2. The second-order valence-corrected chi connectivity index (χ2v) is 5.63. The average molecular weight is 335 g/mol. The highest BCUT2D eigenvalue weighted by Gasteiger charge is 2.21. The summed E-state index contributed by atoms with van der Waals surface area (Å²) in [6, 6.07) is 17.4. The minimum Gasteiger partial charge on any atom is -0.461 e. The molecule has 0 spiro atoms. The van der Waals surface area contributed by atoms with Crippen LogP contribution in [0.15, 0.2) is 54.6 Å². The third-order valence-electron chi connectivity index (χ3n) is 4.07. The van der Waals surface area contributed by atoms with Gasteiger partial charge in [0.1, 0.15) is 5.69 Å². The van der Waals surface area contributed by atoms with Crippen LogP contribution < -0.4 is 9.47 Å². The van der Waals surface area contributed by atoms with E-state index in [0.717, 1.165) is 22.4 Å². The van der Waals surface area contributed by atoms with Gasteiger partial charge in [-0.1, -0.05) is 36.4 Å². The van der Waals surface area contributed by atoms with Gasteiger partial charge in [0, 0.05) is 11.3 Å². The molecule has 0 bridgehead atoms. The number of aromatic nitrogens is 1. The van der Waals surface area contributed by atoms with E-state index in [0.29, 0.717) is 23.8 Å². The van der Waals surface area contributed by atoms with Crippen LogP contribution in [0.1, 0.15) is 17.4 Å². The fraction of sp³-hybridized carbons (Fsp3) is 0.150. The van der Waals surface area contributed by atoms with Crippen LogP contribution in [0, 0.1) is 0 Å². The molecule has 1 aliphatic heterocycles. The van der Waals surface area contributed by atoms with Crippen molar-refractivity contribution in [2.24, 2.45) is 0 Å². The molecule has 0 aliphatic carbocycles. The Morgan fingerprint density at radius 3 is 2.64 bits per heavy atom. The van der Waals surface area contributed by atoms with Crippen LogP contribution in [0.4, 0.5) is 0 Å². The molecule has 0 fully saturated rings. The van der Waals surface area contributed by atoms with E-state index in [1.807, 2.05) is 54.6 Å². The molecule has 3 aromatic rings. The van der Waals surface area contributed by atoms with Crippen molar-refractivity contribution in [2.75, 3.05) is 13.4 Å². The Bertz CT molecular complexity index is 915. The number of hydrogen-bond donors (Lipinski definition) is 1. The van der Waals surface area contributed by atoms with Crippen LogP contribution in [-0.2, 0) is 4.74 Å². The minimum atomic E-state index is -0.377. The Labute approximate surface area is 145 Å². The van der Waals surface area contributed by atoms with Crippen LogP contribution in [0.3, 0.4) is 0 Å². The van der Waals surface area contributed by atoms with Gasteiger partial charge in [0.05, 0.1) is 6.61 Å². The number of carbonyl (C=O) groups is 1. The summed E-state index contributed by atoms with van der Waals surface area (Å²) in [5.41, 5.74) is 3.93. The van der Waals surface area contributed by atoms with Gasteiger partial charge in [-0.15, -0.1) is 0 Å². The van der Waals surface area contributed by atoms with Crippen molar-refractivity contribution in [1.82, 2.24) is 4.98 Å². The lowest BCUT2D eigenvalue weighted by atomic mass is 10.0. The van der Waals surface area contributed by atoms with E-state index in [9.17, 15) is 4.79 Å². The number of ether oxygens (including phenoxy) is 3. The van der Waals surface area contributed by atoms with E-state index in [2.05, 4.69) is 4.98 Å². The van der Waals surface area contributed by atoms with Crippen molar-refractivity contribution >= 4 is 5.97 Å². The quantitative estimate of drug-likeness (QED) is 0.724. The predicted molar refractivity (Wildman–Crippen MR) is 93.7 cm³/mol. The highest BCUT2D eigenvalue weighted by atomic mass is 16.7.